The van der Waals surface area contributed by atoms with Crippen molar-refractivity contribution in [3.05, 3.63) is 291 Å². The SMILES string of the molecule is c1ccc(-c2cc(-c3ccccc3)cc(-c3cccc(-c4cccc(-c5nc(-c6cccc(-c7cccc(-c8cc(-c9ccccc9)cc(-c9ccccc9)c8)c7)c6)c6c(ccc7ccccc76)n5)c4)c3)c2)cc1. The van der Waals surface area contributed by atoms with Crippen molar-refractivity contribution in [2.45, 2.75) is 0 Å². The largest absolute Gasteiger partial charge is 0.228 e. The third-order valence-electron chi connectivity index (χ3n) is 14.2. The number of benzene rings is 12. The lowest BCUT2D eigenvalue weighted by Crippen LogP contribution is -1.96. The van der Waals surface area contributed by atoms with Gasteiger partial charge in [-0.1, -0.05) is 224 Å². The van der Waals surface area contributed by atoms with Crippen molar-refractivity contribution in [2.75, 3.05) is 0 Å². The van der Waals surface area contributed by atoms with Crippen molar-refractivity contribution < 1.29 is 0 Å². The van der Waals surface area contributed by atoms with Gasteiger partial charge in [0.25, 0.3) is 0 Å². The second-order valence-corrected chi connectivity index (χ2v) is 19.0. The zero-order valence-electron chi connectivity index (χ0n) is 40.6. The highest BCUT2D eigenvalue weighted by atomic mass is 14.9. The van der Waals surface area contributed by atoms with Crippen molar-refractivity contribution in [1.29, 1.82) is 0 Å². The summed E-state index contributed by atoms with van der Waals surface area (Å²) in [5.74, 6) is 0.684. The van der Waals surface area contributed by atoms with Crippen LogP contribution in [0.2, 0.25) is 0 Å². The van der Waals surface area contributed by atoms with Crippen molar-refractivity contribution in [3.63, 3.8) is 0 Å². The van der Waals surface area contributed by atoms with Gasteiger partial charge in [0, 0.05) is 16.5 Å². The number of rotatable bonds is 10. The lowest BCUT2D eigenvalue weighted by Gasteiger charge is -2.14. The van der Waals surface area contributed by atoms with E-state index >= 15 is 0 Å². The molecular formula is C72H48N2. The predicted molar refractivity (Wildman–Crippen MR) is 311 cm³/mol. The number of nitrogens with zero attached hydrogens (tertiary/aromatic N) is 2. The fraction of sp³-hybridized carbons (Fsp3) is 0. The smallest absolute Gasteiger partial charge is 0.160 e. The Balaban J connectivity index is 0.890. The van der Waals surface area contributed by atoms with Crippen LogP contribution in [0.5, 0.6) is 0 Å². The van der Waals surface area contributed by atoms with Gasteiger partial charge < -0.3 is 0 Å². The van der Waals surface area contributed by atoms with Gasteiger partial charge >= 0.3 is 0 Å². The monoisotopic (exact) mass is 940 g/mol. The number of hydrogen-bond donors (Lipinski definition) is 0. The van der Waals surface area contributed by atoms with E-state index in [9.17, 15) is 0 Å². The van der Waals surface area contributed by atoms with Gasteiger partial charge in [0.15, 0.2) is 5.82 Å². The zero-order chi connectivity index (χ0) is 49.2. The second-order valence-electron chi connectivity index (χ2n) is 19.0. The van der Waals surface area contributed by atoms with Gasteiger partial charge in [-0.05, 0) is 167 Å². The molecule has 0 radical (unpaired) electrons. The Bertz CT molecular complexity index is 4050. The third kappa shape index (κ3) is 8.87. The standard InChI is InChI=1S/C72H48N2/c1-5-19-49(20-6-1)62-43-63(50-21-7-2-8-22-50)46-66(45-62)58-32-15-28-54(39-58)56-30-17-34-60(41-56)71-70-68-36-14-13-27-53(68)37-38-69(70)73-72(74-71)61-35-18-31-57(42-61)55-29-16-33-59(40-55)67-47-64(51-23-9-3-10-24-51)44-65(48-67)52-25-11-4-12-26-52/h1-48H. The highest BCUT2D eigenvalue weighted by molar-refractivity contribution is 6.12. The second kappa shape index (κ2) is 19.4. The van der Waals surface area contributed by atoms with Crippen molar-refractivity contribution in [2.24, 2.45) is 0 Å². The molecule has 0 saturated heterocycles. The normalized spacial score (nSPS) is 11.2. The van der Waals surface area contributed by atoms with Crippen LogP contribution in [0.25, 0.3) is 133 Å². The van der Waals surface area contributed by atoms with Crippen LogP contribution in [0.3, 0.4) is 0 Å². The molecule has 13 rings (SSSR count). The van der Waals surface area contributed by atoms with Gasteiger partial charge in [0.05, 0.1) is 11.2 Å². The lowest BCUT2D eigenvalue weighted by molar-refractivity contribution is 1.23. The van der Waals surface area contributed by atoms with Crippen LogP contribution in [0, 0.1) is 0 Å². The number of aromatic nitrogens is 2. The summed E-state index contributed by atoms with van der Waals surface area (Å²) in [4.78, 5) is 10.9. The van der Waals surface area contributed by atoms with Crippen LogP contribution in [-0.4, -0.2) is 9.97 Å². The molecule has 0 aliphatic rings. The van der Waals surface area contributed by atoms with Crippen molar-refractivity contribution in [3.8, 4) is 112 Å². The summed E-state index contributed by atoms with van der Waals surface area (Å²) >= 11 is 0. The third-order valence-corrected chi connectivity index (χ3v) is 14.2. The van der Waals surface area contributed by atoms with E-state index in [0.29, 0.717) is 5.82 Å². The molecule has 0 fully saturated rings. The maximum Gasteiger partial charge on any atom is 0.160 e. The molecular weight excluding hydrogens is 893 g/mol. The van der Waals surface area contributed by atoms with Gasteiger partial charge in [-0.15, -0.1) is 0 Å². The van der Waals surface area contributed by atoms with E-state index in [-0.39, 0.29) is 0 Å². The molecule has 13 aromatic rings. The van der Waals surface area contributed by atoms with Crippen molar-refractivity contribution in [1.82, 2.24) is 9.97 Å². The molecule has 0 amide bonds. The molecule has 2 heteroatoms. The Morgan fingerprint density at radius 1 is 0.189 bits per heavy atom. The molecule has 1 aromatic heterocycles. The molecule has 0 unspecified atom stereocenters. The average molecular weight is 941 g/mol. The van der Waals surface area contributed by atoms with E-state index in [4.69, 9.17) is 9.97 Å². The number of fused-ring (bicyclic) bond motifs is 3. The summed E-state index contributed by atoms with van der Waals surface area (Å²) in [7, 11) is 0. The lowest BCUT2D eigenvalue weighted by atomic mass is 9.91. The highest BCUT2D eigenvalue weighted by Gasteiger charge is 2.17. The summed E-state index contributed by atoms with van der Waals surface area (Å²) in [6.07, 6.45) is 0. The molecule has 346 valence electrons. The van der Waals surface area contributed by atoms with E-state index in [1.165, 1.54) is 55.6 Å². The van der Waals surface area contributed by atoms with E-state index in [1.807, 2.05) is 0 Å². The van der Waals surface area contributed by atoms with Crippen LogP contribution >= 0.6 is 0 Å². The summed E-state index contributed by atoms with van der Waals surface area (Å²) in [5, 5.41) is 3.32. The maximum absolute atomic E-state index is 5.53. The molecule has 0 aliphatic carbocycles. The fourth-order valence-corrected chi connectivity index (χ4v) is 10.5. The zero-order valence-corrected chi connectivity index (χ0v) is 40.6. The molecule has 0 aliphatic heterocycles. The van der Waals surface area contributed by atoms with Gasteiger partial charge in [0.2, 0.25) is 0 Å². The minimum Gasteiger partial charge on any atom is -0.228 e. The molecule has 0 saturated carbocycles. The molecule has 12 aromatic carbocycles. The minimum absolute atomic E-state index is 0.684. The number of hydrogen-bond acceptors (Lipinski definition) is 2. The average Bonchev–Trinajstić information content (AvgIpc) is 3.51. The van der Waals surface area contributed by atoms with E-state index in [1.54, 1.807) is 0 Å². The van der Waals surface area contributed by atoms with Crippen molar-refractivity contribution >= 4 is 21.7 Å². The summed E-state index contributed by atoms with van der Waals surface area (Å²) in [6, 6.07) is 105. The first kappa shape index (κ1) is 44.2. The Labute approximate surface area is 432 Å². The molecule has 2 nitrogen and oxygen atoms in total. The van der Waals surface area contributed by atoms with Gasteiger partial charge in [0.1, 0.15) is 0 Å². The first-order valence-corrected chi connectivity index (χ1v) is 25.3. The fourth-order valence-electron chi connectivity index (χ4n) is 10.5. The minimum atomic E-state index is 0.684. The molecule has 0 atom stereocenters. The highest BCUT2D eigenvalue weighted by Crippen LogP contribution is 2.40. The van der Waals surface area contributed by atoms with Gasteiger partial charge in [-0.2, -0.15) is 0 Å². The van der Waals surface area contributed by atoms with E-state index in [0.717, 1.165) is 71.9 Å². The van der Waals surface area contributed by atoms with Crippen LogP contribution in [0.15, 0.2) is 291 Å². The molecule has 74 heavy (non-hydrogen) atoms. The van der Waals surface area contributed by atoms with E-state index < -0.39 is 0 Å². The van der Waals surface area contributed by atoms with Gasteiger partial charge in [-0.3, -0.25) is 0 Å². The summed E-state index contributed by atoms with van der Waals surface area (Å²) < 4.78 is 0. The van der Waals surface area contributed by atoms with Gasteiger partial charge in [-0.25, -0.2) is 9.97 Å². The van der Waals surface area contributed by atoms with Crippen LogP contribution in [0.1, 0.15) is 0 Å². The molecule has 0 bridgehead atoms. The van der Waals surface area contributed by atoms with Crippen LogP contribution in [0.4, 0.5) is 0 Å². The van der Waals surface area contributed by atoms with Crippen LogP contribution in [-0.2, 0) is 0 Å². The molecule has 0 N–H and O–H groups in total. The Hall–Kier alpha value is -9.76. The van der Waals surface area contributed by atoms with E-state index in [2.05, 4.69) is 291 Å². The molecule has 1 heterocycles. The predicted octanol–water partition coefficient (Wildman–Crippen LogP) is 19.5. The summed E-state index contributed by atoms with van der Waals surface area (Å²) in [5.41, 5.74) is 22.5. The Morgan fingerprint density at radius 2 is 0.486 bits per heavy atom. The Morgan fingerprint density at radius 3 is 0.919 bits per heavy atom. The van der Waals surface area contributed by atoms with Crippen LogP contribution < -0.4 is 0 Å². The maximum atomic E-state index is 5.53. The first-order valence-electron chi connectivity index (χ1n) is 25.3. The molecule has 0 spiro atoms. The first-order chi connectivity index (χ1) is 36.6. The quantitative estimate of drug-likeness (QED) is 0.128. The summed E-state index contributed by atoms with van der Waals surface area (Å²) in [6.45, 7) is 0. The Kier molecular flexibility index (Phi) is 11.6. The topological polar surface area (TPSA) is 25.8 Å².